The van der Waals surface area contributed by atoms with Crippen LogP contribution in [0.15, 0.2) is 58.5 Å². The van der Waals surface area contributed by atoms with Crippen molar-refractivity contribution in [3.63, 3.8) is 0 Å². The molecule has 0 radical (unpaired) electrons. The van der Waals surface area contributed by atoms with Crippen molar-refractivity contribution in [3.8, 4) is 0 Å². The Morgan fingerprint density at radius 2 is 1.86 bits per heavy atom. The van der Waals surface area contributed by atoms with Gasteiger partial charge in [0.2, 0.25) is 0 Å². The summed E-state index contributed by atoms with van der Waals surface area (Å²) in [4.78, 5) is 2.46. The summed E-state index contributed by atoms with van der Waals surface area (Å²) in [5, 5.41) is 4.63. The number of nitrogens with zero attached hydrogens (tertiary/aromatic N) is 1. The van der Waals surface area contributed by atoms with E-state index in [4.69, 9.17) is 11.6 Å². The van der Waals surface area contributed by atoms with Gasteiger partial charge in [-0.15, -0.1) is 0 Å². The van der Waals surface area contributed by atoms with Crippen molar-refractivity contribution in [2.75, 3.05) is 0 Å². The largest absolute Gasteiger partial charge is 0.276 e. The lowest BCUT2D eigenvalue weighted by Gasteiger charge is -2.07. The number of benzene rings is 2. The molecule has 0 atom stereocenters. The van der Waals surface area contributed by atoms with Gasteiger partial charge in [0, 0.05) is 5.02 Å². The SMILES string of the molecule is CC/C(=N\NS(=O)(=O)c1ccc(C)cc1)c1cccc(Cl)c1. The minimum Gasteiger partial charge on any atom is -0.200 e. The van der Waals surface area contributed by atoms with E-state index in [-0.39, 0.29) is 4.90 Å². The summed E-state index contributed by atoms with van der Waals surface area (Å²) >= 11 is 5.95. The molecule has 0 heterocycles. The zero-order valence-corrected chi connectivity index (χ0v) is 13.9. The molecular formula is C16H17ClN2O2S. The molecule has 6 heteroatoms. The lowest BCUT2D eigenvalue weighted by atomic mass is 10.1. The van der Waals surface area contributed by atoms with Crippen LogP contribution in [0.25, 0.3) is 0 Å². The van der Waals surface area contributed by atoms with Crippen molar-refractivity contribution in [2.24, 2.45) is 5.10 Å². The number of nitrogens with one attached hydrogen (secondary N) is 1. The maximum absolute atomic E-state index is 12.2. The quantitative estimate of drug-likeness (QED) is 0.668. The van der Waals surface area contributed by atoms with Crippen molar-refractivity contribution in [1.29, 1.82) is 0 Å². The molecule has 0 aliphatic heterocycles. The number of aryl methyl sites for hydroxylation is 1. The number of sulfonamides is 1. The summed E-state index contributed by atoms with van der Waals surface area (Å²) in [5.41, 5.74) is 2.41. The molecule has 1 N–H and O–H groups in total. The fourth-order valence-corrected chi connectivity index (χ4v) is 2.92. The second kappa shape index (κ2) is 6.94. The Labute approximate surface area is 135 Å². The topological polar surface area (TPSA) is 58.5 Å². The van der Waals surface area contributed by atoms with Crippen molar-refractivity contribution in [2.45, 2.75) is 25.2 Å². The normalized spacial score (nSPS) is 12.2. The third-order valence-corrected chi connectivity index (χ3v) is 4.58. The van der Waals surface area contributed by atoms with E-state index in [1.165, 1.54) is 0 Å². The number of hydrazone groups is 1. The molecule has 2 rings (SSSR count). The molecule has 0 aliphatic carbocycles. The van der Waals surface area contributed by atoms with Gasteiger partial charge in [0.15, 0.2) is 0 Å². The van der Waals surface area contributed by atoms with Crippen LogP contribution in [-0.4, -0.2) is 14.1 Å². The molecule has 0 unspecified atom stereocenters. The molecule has 22 heavy (non-hydrogen) atoms. The van der Waals surface area contributed by atoms with Gasteiger partial charge in [0.25, 0.3) is 10.0 Å². The first-order valence-corrected chi connectivity index (χ1v) is 8.69. The molecule has 116 valence electrons. The Balaban J connectivity index is 2.26. The zero-order valence-electron chi connectivity index (χ0n) is 12.4. The van der Waals surface area contributed by atoms with Gasteiger partial charge in [-0.25, -0.2) is 0 Å². The van der Waals surface area contributed by atoms with Gasteiger partial charge in [-0.1, -0.05) is 48.4 Å². The number of hydrogen-bond acceptors (Lipinski definition) is 3. The summed E-state index contributed by atoms with van der Waals surface area (Å²) in [7, 11) is -3.67. The van der Waals surface area contributed by atoms with Crippen molar-refractivity contribution >= 4 is 27.3 Å². The van der Waals surface area contributed by atoms with Gasteiger partial charge in [-0.3, -0.25) is 0 Å². The minimum absolute atomic E-state index is 0.184. The van der Waals surface area contributed by atoms with Crippen LogP contribution in [0.5, 0.6) is 0 Å². The van der Waals surface area contributed by atoms with E-state index in [9.17, 15) is 8.42 Å². The smallest absolute Gasteiger partial charge is 0.200 e. The minimum atomic E-state index is -3.67. The Morgan fingerprint density at radius 3 is 2.45 bits per heavy atom. The van der Waals surface area contributed by atoms with Crippen LogP contribution >= 0.6 is 11.6 Å². The number of hydrogen-bond donors (Lipinski definition) is 1. The first-order valence-electron chi connectivity index (χ1n) is 6.83. The van der Waals surface area contributed by atoms with E-state index in [1.807, 2.05) is 19.9 Å². The standard InChI is InChI=1S/C16H17ClN2O2S/c1-3-16(13-5-4-6-14(17)11-13)18-19-22(20,21)15-9-7-12(2)8-10-15/h4-11,19H,3H2,1-2H3/b18-16+. The maximum atomic E-state index is 12.2. The highest BCUT2D eigenvalue weighted by Crippen LogP contribution is 2.14. The summed E-state index contributed by atoms with van der Waals surface area (Å²) in [6.07, 6.45) is 0.580. The molecular weight excluding hydrogens is 320 g/mol. The molecule has 0 spiro atoms. The van der Waals surface area contributed by atoms with E-state index in [0.29, 0.717) is 17.2 Å². The van der Waals surface area contributed by atoms with Crippen LogP contribution in [0.1, 0.15) is 24.5 Å². The predicted octanol–water partition coefficient (Wildman–Crippen LogP) is 3.74. The highest BCUT2D eigenvalue weighted by Gasteiger charge is 2.13. The van der Waals surface area contributed by atoms with Gasteiger partial charge in [0.1, 0.15) is 0 Å². The van der Waals surface area contributed by atoms with Crippen molar-refractivity contribution in [1.82, 2.24) is 4.83 Å². The molecule has 0 aliphatic rings. The molecule has 4 nitrogen and oxygen atoms in total. The summed E-state index contributed by atoms with van der Waals surface area (Å²) < 4.78 is 24.4. The number of halogens is 1. The van der Waals surface area contributed by atoms with Crippen molar-refractivity contribution < 1.29 is 8.42 Å². The van der Waals surface area contributed by atoms with Gasteiger partial charge >= 0.3 is 0 Å². The molecule has 2 aromatic carbocycles. The first kappa shape index (κ1) is 16.5. The van der Waals surface area contributed by atoms with E-state index in [0.717, 1.165) is 11.1 Å². The molecule has 0 amide bonds. The van der Waals surface area contributed by atoms with E-state index in [1.54, 1.807) is 42.5 Å². The van der Waals surface area contributed by atoms with E-state index in [2.05, 4.69) is 9.93 Å². The van der Waals surface area contributed by atoms with Crippen LogP contribution < -0.4 is 4.83 Å². The maximum Gasteiger partial charge on any atom is 0.276 e. The number of rotatable bonds is 5. The highest BCUT2D eigenvalue weighted by molar-refractivity contribution is 7.89. The summed E-state index contributed by atoms with van der Waals surface area (Å²) in [6.45, 7) is 3.80. The monoisotopic (exact) mass is 336 g/mol. The van der Waals surface area contributed by atoms with Crippen LogP contribution in [0.2, 0.25) is 5.02 Å². The van der Waals surface area contributed by atoms with Crippen LogP contribution in [-0.2, 0) is 10.0 Å². The van der Waals surface area contributed by atoms with E-state index < -0.39 is 10.0 Å². The van der Waals surface area contributed by atoms with Gasteiger partial charge in [0.05, 0.1) is 10.6 Å². The second-order valence-corrected chi connectivity index (χ2v) is 6.93. The molecule has 2 aromatic rings. The fourth-order valence-electron chi connectivity index (χ4n) is 1.90. The molecule has 0 bridgehead atoms. The highest BCUT2D eigenvalue weighted by atomic mass is 35.5. The Morgan fingerprint density at radius 1 is 1.18 bits per heavy atom. The lowest BCUT2D eigenvalue weighted by Crippen LogP contribution is -2.20. The average molecular weight is 337 g/mol. The Kier molecular flexibility index (Phi) is 5.21. The van der Waals surface area contributed by atoms with E-state index >= 15 is 0 Å². The molecule has 0 aromatic heterocycles. The first-order chi connectivity index (χ1) is 10.4. The van der Waals surface area contributed by atoms with Crippen LogP contribution in [0.4, 0.5) is 0 Å². The zero-order chi connectivity index (χ0) is 16.2. The fraction of sp³-hybridized carbons (Fsp3) is 0.188. The summed E-state index contributed by atoms with van der Waals surface area (Å²) in [5.74, 6) is 0. The summed E-state index contributed by atoms with van der Waals surface area (Å²) in [6, 6.07) is 13.8. The van der Waals surface area contributed by atoms with Crippen LogP contribution in [0, 0.1) is 6.92 Å². The van der Waals surface area contributed by atoms with Gasteiger partial charge < -0.3 is 0 Å². The Hall–Kier alpha value is -1.85. The molecule has 0 saturated heterocycles. The van der Waals surface area contributed by atoms with Crippen LogP contribution in [0.3, 0.4) is 0 Å². The van der Waals surface area contributed by atoms with Gasteiger partial charge in [-0.2, -0.15) is 18.4 Å². The Bertz CT molecular complexity index is 784. The lowest BCUT2D eigenvalue weighted by molar-refractivity contribution is 0.584. The third kappa shape index (κ3) is 4.08. The second-order valence-electron chi connectivity index (χ2n) is 4.83. The van der Waals surface area contributed by atoms with Gasteiger partial charge in [-0.05, 0) is 43.2 Å². The molecule has 0 fully saturated rings. The predicted molar refractivity (Wildman–Crippen MR) is 89.8 cm³/mol. The molecule has 0 saturated carbocycles. The van der Waals surface area contributed by atoms with Crippen molar-refractivity contribution in [3.05, 3.63) is 64.7 Å². The average Bonchev–Trinajstić information content (AvgIpc) is 2.48. The third-order valence-electron chi connectivity index (χ3n) is 3.12.